The SMILES string of the molecule is Cc1nn(C)c(C)c1C1C(CNC2CC2)CCCN1C. The average Bonchev–Trinajstić information content (AvgIpc) is 3.19. The molecule has 0 bridgehead atoms. The molecule has 1 aliphatic heterocycles. The van der Waals surface area contributed by atoms with Crippen molar-refractivity contribution >= 4 is 0 Å². The van der Waals surface area contributed by atoms with Crippen molar-refractivity contribution in [2.24, 2.45) is 13.0 Å². The van der Waals surface area contributed by atoms with Gasteiger partial charge in [0.1, 0.15) is 0 Å². The predicted molar refractivity (Wildman–Crippen MR) is 81.8 cm³/mol. The Morgan fingerprint density at radius 3 is 2.55 bits per heavy atom. The molecule has 3 rings (SSSR count). The highest BCUT2D eigenvalue weighted by atomic mass is 15.3. The normalized spacial score (nSPS) is 28.0. The Balaban J connectivity index is 1.84. The van der Waals surface area contributed by atoms with Crippen LogP contribution in [0.2, 0.25) is 0 Å². The van der Waals surface area contributed by atoms with Gasteiger partial charge in [-0.15, -0.1) is 0 Å². The summed E-state index contributed by atoms with van der Waals surface area (Å²) in [6.45, 7) is 6.74. The number of nitrogens with zero attached hydrogens (tertiary/aromatic N) is 3. The summed E-state index contributed by atoms with van der Waals surface area (Å²) >= 11 is 0. The highest BCUT2D eigenvalue weighted by Crippen LogP contribution is 2.38. The number of rotatable bonds is 4. The summed E-state index contributed by atoms with van der Waals surface area (Å²) in [6, 6.07) is 1.34. The van der Waals surface area contributed by atoms with E-state index >= 15 is 0 Å². The van der Waals surface area contributed by atoms with E-state index in [0.717, 1.165) is 18.5 Å². The second-order valence-electron chi connectivity index (χ2n) is 6.72. The van der Waals surface area contributed by atoms with E-state index in [1.165, 1.54) is 49.2 Å². The lowest BCUT2D eigenvalue weighted by atomic mass is 9.84. The van der Waals surface area contributed by atoms with E-state index in [1.807, 2.05) is 4.68 Å². The first-order valence-corrected chi connectivity index (χ1v) is 8.01. The van der Waals surface area contributed by atoms with Gasteiger partial charge in [-0.2, -0.15) is 5.10 Å². The molecule has 2 atom stereocenters. The molecule has 0 aromatic carbocycles. The fourth-order valence-corrected chi connectivity index (χ4v) is 3.75. The summed E-state index contributed by atoms with van der Waals surface area (Å²) in [6.07, 6.45) is 5.40. The highest BCUT2D eigenvalue weighted by Gasteiger charge is 2.34. The molecule has 2 heterocycles. The monoisotopic (exact) mass is 276 g/mol. The zero-order valence-electron chi connectivity index (χ0n) is 13.3. The summed E-state index contributed by atoms with van der Waals surface area (Å²) in [5.41, 5.74) is 4.01. The van der Waals surface area contributed by atoms with Gasteiger partial charge in [0.25, 0.3) is 0 Å². The maximum atomic E-state index is 4.63. The second kappa shape index (κ2) is 5.49. The number of nitrogens with one attached hydrogen (secondary N) is 1. The number of hydrogen-bond acceptors (Lipinski definition) is 3. The van der Waals surface area contributed by atoms with Crippen molar-refractivity contribution in [2.75, 3.05) is 20.1 Å². The lowest BCUT2D eigenvalue weighted by Gasteiger charge is -2.40. The van der Waals surface area contributed by atoms with Crippen LogP contribution in [0, 0.1) is 19.8 Å². The molecule has 4 heteroatoms. The smallest absolute Gasteiger partial charge is 0.0644 e. The average molecular weight is 276 g/mol. The molecule has 0 amide bonds. The number of hydrogen-bond donors (Lipinski definition) is 1. The molecule has 1 N–H and O–H groups in total. The fraction of sp³-hybridized carbons (Fsp3) is 0.812. The first-order chi connectivity index (χ1) is 9.58. The Hall–Kier alpha value is -0.870. The predicted octanol–water partition coefficient (Wildman–Crippen LogP) is 2.17. The third-order valence-corrected chi connectivity index (χ3v) is 5.11. The highest BCUT2D eigenvalue weighted by molar-refractivity contribution is 5.29. The molecule has 0 spiro atoms. The fourth-order valence-electron chi connectivity index (χ4n) is 3.75. The zero-order valence-corrected chi connectivity index (χ0v) is 13.3. The maximum absolute atomic E-state index is 4.63. The van der Waals surface area contributed by atoms with Crippen LogP contribution in [-0.2, 0) is 7.05 Å². The number of aromatic nitrogens is 2. The lowest BCUT2D eigenvalue weighted by molar-refractivity contribution is 0.118. The van der Waals surface area contributed by atoms with Gasteiger partial charge in [0.2, 0.25) is 0 Å². The Morgan fingerprint density at radius 2 is 1.95 bits per heavy atom. The van der Waals surface area contributed by atoms with E-state index < -0.39 is 0 Å². The first-order valence-electron chi connectivity index (χ1n) is 8.01. The van der Waals surface area contributed by atoms with Gasteiger partial charge in [-0.05, 0) is 59.0 Å². The molecule has 0 radical (unpaired) electrons. The van der Waals surface area contributed by atoms with Crippen LogP contribution in [0.1, 0.15) is 48.7 Å². The summed E-state index contributed by atoms with van der Waals surface area (Å²) in [5.74, 6) is 0.718. The van der Waals surface area contributed by atoms with E-state index in [1.54, 1.807) is 0 Å². The van der Waals surface area contributed by atoms with Gasteiger partial charge in [0, 0.05) is 36.9 Å². The summed E-state index contributed by atoms with van der Waals surface area (Å²) < 4.78 is 2.04. The van der Waals surface area contributed by atoms with Crippen LogP contribution in [0.25, 0.3) is 0 Å². The zero-order chi connectivity index (χ0) is 14.3. The molecule has 1 saturated carbocycles. The summed E-state index contributed by atoms with van der Waals surface area (Å²) in [5, 5.41) is 8.37. The number of likely N-dealkylation sites (tertiary alicyclic amines) is 1. The number of piperidine rings is 1. The van der Waals surface area contributed by atoms with E-state index in [9.17, 15) is 0 Å². The van der Waals surface area contributed by atoms with Crippen molar-refractivity contribution in [1.29, 1.82) is 0 Å². The van der Waals surface area contributed by atoms with Crippen molar-refractivity contribution in [2.45, 2.75) is 51.6 Å². The van der Waals surface area contributed by atoms with Crippen molar-refractivity contribution in [3.05, 3.63) is 17.0 Å². The first kappa shape index (κ1) is 14.1. The van der Waals surface area contributed by atoms with Crippen molar-refractivity contribution in [3.8, 4) is 0 Å². The molecular formula is C16H28N4. The second-order valence-corrected chi connectivity index (χ2v) is 6.72. The summed E-state index contributed by atoms with van der Waals surface area (Å²) in [4.78, 5) is 2.54. The molecular weight excluding hydrogens is 248 g/mol. The molecule has 1 aliphatic carbocycles. The minimum Gasteiger partial charge on any atom is -0.314 e. The Bertz CT molecular complexity index is 475. The molecule has 112 valence electrons. The standard InChI is InChI=1S/C16H28N4/c1-11-15(12(2)20(4)18-11)16-13(6-5-9-19(16)3)10-17-14-7-8-14/h13-14,16-17H,5-10H2,1-4H3. The maximum Gasteiger partial charge on any atom is 0.0644 e. The van der Waals surface area contributed by atoms with Crippen LogP contribution in [-0.4, -0.2) is 40.9 Å². The van der Waals surface area contributed by atoms with Gasteiger partial charge >= 0.3 is 0 Å². The van der Waals surface area contributed by atoms with Crippen molar-refractivity contribution < 1.29 is 0 Å². The van der Waals surface area contributed by atoms with Gasteiger partial charge in [-0.1, -0.05) is 0 Å². The van der Waals surface area contributed by atoms with Gasteiger partial charge < -0.3 is 5.32 Å². The minimum atomic E-state index is 0.531. The third-order valence-electron chi connectivity index (χ3n) is 5.11. The van der Waals surface area contributed by atoms with Crippen LogP contribution in [0.15, 0.2) is 0 Å². The molecule has 2 unspecified atom stereocenters. The molecule has 20 heavy (non-hydrogen) atoms. The molecule has 1 aromatic rings. The van der Waals surface area contributed by atoms with Crippen molar-refractivity contribution in [1.82, 2.24) is 20.0 Å². The quantitative estimate of drug-likeness (QED) is 0.915. The molecule has 1 aromatic heterocycles. The van der Waals surface area contributed by atoms with Crippen LogP contribution in [0.4, 0.5) is 0 Å². The third kappa shape index (κ3) is 2.63. The van der Waals surface area contributed by atoms with Gasteiger partial charge in [-0.3, -0.25) is 9.58 Å². The molecule has 1 saturated heterocycles. The van der Waals surface area contributed by atoms with E-state index in [0.29, 0.717) is 6.04 Å². The van der Waals surface area contributed by atoms with Crippen molar-refractivity contribution in [3.63, 3.8) is 0 Å². The van der Waals surface area contributed by atoms with Gasteiger partial charge in [0.15, 0.2) is 0 Å². The van der Waals surface area contributed by atoms with E-state index in [4.69, 9.17) is 0 Å². The van der Waals surface area contributed by atoms with E-state index in [-0.39, 0.29) is 0 Å². The van der Waals surface area contributed by atoms with Crippen LogP contribution < -0.4 is 5.32 Å². The number of aryl methyl sites for hydroxylation is 2. The Labute approximate surface area is 122 Å². The van der Waals surface area contributed by atoms with E-state index in [2.05, 4.69) is 43.3 Å². The molecule has 2 aliphatic rings. The van der Waals surface area contributed by atoms with Crippen LogP contribution in [0.3, 0.4) is 0 Å². The van der Waals surface area contributed by atoms with Gasteiger partial charge in [0.05, 0.1) is 5.69 Å². The minimum absolute atomic E-state index is 0.531. The molecule has 2 fully saturated rings. The Morgan fingerprint density at radius 1 is 1.20 bits per heavy atom. The summed E-state index contributed by atoms with van der Waals surface area (Å²) in [7, 11) is 4.34. The topological polar surface area (TPSA) is 33.1 Å². The lowest BCUT2D eigenvalue weighted by Crippen LogP contribution is -2.41. The Kier molecular flexibility index (Phi) is 3.87. The molecule has 4 nitrogen and oxygen atoms in total. The largest absolute Gasteiger partial charge is 0.314 e. The van der Waals surface area contributed by atoms with Crippen LogP contribution in [0.5, 0.6) is 0 Å². The van der Waals surface area contributed by atoms with Crippen LogP contribution >= 0.6 is 0 Å². The van der Waals surface area contributed by atoms with Gasteiger partial charge in [-0.25, -0.2) is 0 Å².